The summed E-state index contributed by atoms with van der Waals surface area (Å²) >= 11 is 0. The number of amides is 2. The van der Waals surface area contributed by atoms with Crippen molar-refractivity contribution in [1.29, 1.82) is 0 Å². The minimum Gasteiger partial charge on any atom is -0.474 e. The molecule has 1 aromatic rings. The largest absolute Gasteiger partial charge is 0.474 e. The van der Waals surface area contributed by atoms with E-state index in [1.165, 1.54) is 0 Å². The van der Waals surface area contributed by atoms with Gasteiger partial charge in [0.15, 0.2) is 0 Å². The third-order valence-electron chi connectivity index (χ3n) is 3.31. The van der Waals surface area contributed by atoms with E-state index in [1.807, 2.05) is 26.0 Å². The van der Waals surface area contributed by atoms with Crippen molar-refractivity contribution in [2.24, 2.45) is 0 Å². The number of carboxylic acids is 1. The molecule has 1 aromatic carbocycles. The molecule has 0 heterocycles. The average Bonchev–Trinajstić information content (AvgIpc) is 2.46. The van der Waals surface area contributed by atoms with E-state index in [2.05, 4.69) is 10.6 Å². The van der Waals surface area contributed by atoms with E-state index in [4.69, 9.17) is 9.84 Å². The highest BCUT2D eigenvalue weighted by atomic mass is 16.6. The molecule has 0 unspecified atom stereocenters. The first kappa shape index (κ1) is 20.5. The molecule has 0 spiro atoms. The first-order chi connectivity index (χ1) is 11.5. The van der Waals surface area contributed by atoms with Gasteiger partial charge in [0.25, 0.3) is 0 Å². The number of anilines is 1. The molecule has 7 nitrogen and oxygen atoms in total. The van der Waals surface area contributed by atoms with E-state index in [1.54, 1.807) is 26.8 Å². The van der Waals surface area contributed by atoms with Gasteiger partial charge in [-0.2, -0.15) is 0 Å². The maximum Gasteiger partial charge on any atom is 0.407 e. The summed E-state index contributed by atoms with van der Waals surface area (Å²) in [5.41, 5.74) is 1.56. The Morgan fingerprint density at radius 2 is 1.84 bits per heavy atom. The van der Waals surface area contributed by atoms with E-state index < -0.39 is 23.6 Å². The van der Waals surface area contributed by atoms with E-state index in [0.717, 1.165) is 11.1 Å². The Hall–Kier alpha value is -2.57. The highest BCUT2D eigenvalue weighted by Gasteiger charge is 2.17. The number of benzene rings is 1. The maximum atomic E-state index is 11.7. The van der Waals surface area contributed by atoms with Gasteiger partial charge in [-0.15, -0.1) is 0 Å². The summed E-state index contributed by atoms with van der Waals surface area (Å²) in [4.78, 5) is 33.9. The summed E-state index contributed by atoms with van der Waals surface area (Å²) < 4.78 is 5.15. The van der Waals surface area contributed by atoms with Crippen molar-refractivity contribution < 1.29 is 24.2 Å². The van der Waals surface area contributed by atoms with Crippen molar-refractivity contribution in [2.45, 2.75) is 52.6 Å². The van der Waals surface area contributed by atoms with Gasteiger partial charge in [0.1, 0.15) is 5.60 Å². The van der Waals surface area contributed by atoms with Crippen LogP contribution >= 0.6 is 0 Å². The summed E-state index contributed by atoms with van der Waals surface area (Å²) in [7, 11) is 0. The lowest BCUT2D eigenvalue weighted by Crippen LogP contribution is -2.33. The molecule has 7 heteroatoms. The monoisotopic (exact) mass is 350 g/mol. The normalized spacial score (nSPS) is 11.1. The Kier molecular flexibility index (Phi) is 6.97. The van der Waals surface area contributed by atoms with Gasteiger partial charge in [-0.1, -0.05) is 26.0 Å². The molecule has 2 amide bonds. The van der Waals surface area contributed by atoms with Crippen molar-refractivity contribution in [3.05, 3.63) is 29.3 Å². The van der Waals surface area contributed by atoms with Crippen LogP contribution in [0, 0.1) is 0 Å². The molecule has 0 radical (unpaired) electrons. The summed E-state index contributed by atoms with van der Waals surface area (Å²) in [5, 5.41) is 13.8. The highest BCUT2D eigenvalue weighted by Crippen LogP contribution is 2.23. The van der Waals surface area contributed by atoms with Crippen LogP contribution in [0.15, 0.2) is 18.2 Å². The number of carbonyl (C=O) groups is 3. The minimum atomic E-state index is -1.55. The van der Waals surface area contributed by atoms with Crippen LogP contribution < -0.4 is 10.6 Å². The van der Waals surface area contributed by atoms with Gasteiger partial charge in [-0.05, 0) is 50.3 Å². The lowest BCUT2D eigenvalue weighted by molar-refractivity contribution is -0.147. The van der Waals surface area contributed by atoms with Gasteiger partial charge in [-0.25, -0.2) is 9.59 Å². The lowest BCUT2D eigenvalue weighted by atomic mass is 9.99. The van der Waals surface area contributed by atoms with Crippen LogP contribution in [-0.2, 0) is 20.7 Å². The van der Waals surface area contributed by atoms with Crippen LogP contribution in [0.2, 0.25) is 0 Å². The van der Waals surface area contributed by atoms with E-state index >= 15 is 0 Å². The summed E-state index contributed by atoms with van der Waals surface area (Å²) in [6.45, 7) is 9.62. The van der Waals surface area contributed by atoms with Crippen molar-refractivity contribution in [2.75, 3.05) is 11.9 Å². The number of carbonyl (C=O) groups excluding carboxylic acids is 2. The number of nitrogens with one attached hydrogen (secondary N) is 2. The van der Waals surface area contributed by atoms with Crippen LogP contribution in [-0.4, -0.2) is 35.2 Å². The molecule has 1 rings (SSSR count). The van der Waals surface area contributed by atoms with Crippen molar-refractivity contribution in [3.8, 4) is 0 Å². The van der Waals surface area contributed by atoms with Crippen LogP contribution in [0.4, 0.5) is 10.5 Å². The zero-order valence-corrected chi connectivity index (χ0v) is 15.3. The molecule has 0 bridgehead atoms. The minimum absolute atomic E-state index is 0.231. The molecule has 0 aliphatic rings. The van der Waals surface area contributed by atoms with Gasteiger partial charge < -0.3 is 20.5 Å². The number of aliphatic carboxylic acids is 1. The fraction of sp³-hybridized carbons (Fsp3) is 0.500. The quantitative estimate of drug-likeness (QED) is 0.708. The van der Waals surface area contributed by atoms with Crippen LogP contribution in [0.25, 0.3) is 0 Å². The Labute approximate surface area is 147 Å². The average molecular weight is 350 g/mol. The van der Waals surface area contributed by atoms with Crippen LogP contribution in [0.1, 0.15) is 51.7 Å². The Bertz CT molecular complexity index is 647. The Morgan fingerprint density at radius 1 is 1.20 bits per heavy atom. The number of rotatable bonds is 5. The fourth-order valence-electron chi connectivity index (χ4n) is 2.08. The molecule has 0 aliphatic heterocycles. The molecular weight excluding hydrogens is 324 g/mol. The zero-order valence-electron chi connectivity index (χ0n) is 15.3. The second-order valence-corrected chi connectivity index (χ2v) is 7.01. The maximum absolute atomic E-state index is 11.7. The molecule has 0 saturated carbocycles. The topological polar surface area (TPSA) is 105 Å². The number of ether oxygens (including phenoxy) is 1. The third-order valence-corrected chi connectivity index (χ3v) is 3.31. The first-order valence-corrected chi connectivity index (χ1v) is 8.13. The summed E-state index contributed by atoms with van der Waals surface area (Å²) in [5.74, 6) is -2.41. The van der Waals surface area contributed by atoms with Gasteiger partial charge in [0.2, 0.25) is 0 Å². The predicted molar refractivity (Wildman–Crippen MR) is 94.7 cm³/mol. The van der Waals surface area contributed by atoms with Crippen LogP contribution in [0.5, 0.6) is 0 Å². The number of alkyl carbamates (subject to hydrolysis) is 1. The van der Waals surface area contributed by atoms with E-state index in [9.17, 15) is 14.4 Å². The number of hydrogen-bond donors (Lipinski definition) is 3. The fourth-order valence-corrected chi connectivity index (χ4v) is 2.08. The standard InChI is InChI=1S/C18H26N2O5/c1-11(2)13-7-6-12(14(10-13)20-15(21)16(22)23)8-9-19-17(24)25-18(3,4)5/h6-7,10-11H,8-9H2,1-5H3,(H,19,24)(H,20,21)(H,22,23). The smallest absolute Gasteiger partial charge is 0.407 e. The molecular formula is C18H26N2O5. The van der Waals surface area contributed by atoms with Crippen molar-refractivity contribution >= 4 is 23.7 Å². The molecule has 0 fully saturated rings. The molecule has 25 heavy (non-hydrogen) atoms. The van der Waals surface area contributed by atoms with E-state index in [-0.39, 0.29) is 5.92 Å². The van der Waals surface area contributed by atoms with Gasteiger partial charge in [0.05, 0.1) is 0 Å². The SMILES string of the molecule is CC(C)c1ccc(CCNC(=O)OC(C)(C)C)c(NC(=O)C(=O)O)c1. The summed E-state index contributed by atoms with van der Waals surface area (Å²) in [6.07, 6.45) is -0.102. The highest BCUT2D eigenvalue weighted by molar-refractivity contribution is 6.36. The van der Waals surface area contributed by atoms with Crippen molar-refractivity contribution in [1.82, 2.24) is 5.32 Å². The van der Waals surface area contributed by atoms with E-state index in [0.29, 0.717) is 18.7 Å². The van der Waals surface area contributed by atoms with Gasteiger partial charge in [-0.3, -0.25) is 4.79 Å². The Morgan fingerprint density at radius 3 is 2.36 bits per heavy atom. The summed E-state index contributed by atoms with van der Waals surface area (Å²) in [6, 6.07) is 5.50. The van der Waals surface area contributed by atoms with Gasteiger partial charge >= 0.3 is 18.0 Å². The number of carboxylic acid groups (broad SMARTS) is 1. The molecule has 0 saturated heterocycles. The first-order valence-electron chi connectivity index (χ1n) is 8.13. The molecule has 0 atom stereocenters. The molecule has 3 N–H and O–H groups in total. The van der Waals surface area contributed by atoms with Crippen LogP contribution in [0.3, 0.4) is 0 Å². The number of hydrogen-bond acceptors (Lipinski definition) is 4. The Balaban J connectivity index is 2.82. The second-order valence-electron chi connectivity index (χ2n) is 7.01. The molecule has 138 valence electrons. The molecule has 0 aromatic heterocycles. The zero-order chi connectivity index (χ0) is 19.2. The third kappa shape index (κ3) is 7.24. The van der Waals surface area contributed by atoms with Gasteiger partial charge in [0, 0.05) is 12.2 Å². The second kappa shape index (κ2) is 8.50. The lowest BCUT2D eigenvalue weighted by Gasteiger charge is -2.20. The van der Waals surface area contributed by atoms with Crippen molar-refractivity contribution in [3.63, 3.8) is 0 Å². The predicted octanol–water partition coefficient (Wildman–Crippen LogP) is 2.90. The molecule has 0 aliphatic carbocycles.